The van der Waals surface area contributed by atoms with Crippen LogP contribution in [0.2, 0.25) is 5.02 Å². The lowest BCUT2D eigenvalue weighted by molar-refractivity contribution is 0.0772. The Bertz CT molecular complexity index is 1290. The second-order valence-corrected chi connectivity index (χ2v) is 8.42. The van der Waals surface area contributed by atoms with E-state index in [2.05, 4.69) is 25.5 Å². The van der Waals surface area contributed by atoms with Crippen molar-refractivity contribution in [1.82, 2.24) is 29.5 Å². The summed E-state index contributed by atoms with van der Waals surface area (Å²) in [7, 11) is 1.76. The summed E-state index contributed by atoms with van der Waals surface area (Å²) in [5.74, 6) is 1.09. The molecule has 0 unspecified atom stereocenters. The summed E-state index contributed by atoms with van der Waals surface area (Å²) in [6, 6.07) is 7.76. The molecule has 1 aromatic carbocycles. The number of nitrogens with one attached hydrogen (secondary N) is 1. The third-order valence-corrected chi connectivity index (χ3v) is 5.48. The van der Waals surface area contributed by atoms with Gasteiger partial charge in [-0.05, 0) is 52.0 Å². The van der Waals surface area contributed by atoms with Crippen LogP contribution < -0.4 is 5.32 Å². The normalized spacial score (nSPS) is 11.8. The highest BCUT2D eigenvalue weighted by atomic mass is 35.5. The van der Waals surface area contributed by atoms with Crippen LogP contribution in [0.5, 0.6) is 0 Å². The lowest BCUT2D eigenvalue weighted by atomic mass is 9.96. The number of hydrogen-bond acceptors (Lipinski definition) is 6. The SMILES string of the molecule is Cc1nn(-c2cc(Nc3nn(C)c(-c4ccc(F)cc4)c3Cl)ncn2)c(C)c1C(C)(C)O. The Morgan fingerprint density at radius 3 is 2.41 bits per heavy atom. The van der Waals surface area contributed by atoms with E-state index in [9.17, 15) is 9.50 Å². The minimum absolute atomic E-state index is 0.323. The van der Waals surface area contributed by atoms with Crippen LogP contribution in [-0.4, -0.2) is 34.6 Å². The summed E-state index contributed by atoms with van der Waals surface area (Å²) in [5, 5.41) is 23.0. The number of benzene rings is 1. The van der Waals surface area contributed by atoms with Crippen molar-refractivity contribution in [2.75, 3.05) is 5.32 Å². The zero-order valence-corrected chi connectivity index (χ0v) is 19.1. The molecule has 0 atom stereocenters. The first-order valence-corrected chi connectivity index (χ1v) is 10.3. The van der Waals surface area contributed by atoms with Gasteiger partial charge < -0.3 is 10.4 Å². The van der Waals surface area contributed by atoms with E-state index in [4.69, 9.17) is 11.6 Å². The molecule has 0 spiro atoms. The number of hydrogen-bond donors (Lipinski definition) is 2. The van der Waals surface area contributed by atoms with Crippen LogP contribution in [0.4, 0.5) is 16.0 Å². The Kier molecular flexibility index (Phi) is 5.47. The second-order valence-electron chi connectivity index (χ2n) is 8.04. The van der Waals surface area contributed by atoms with E-state index in [0.717, 1.165) is 22.5 Å². The van der Waals surface area contributed by atoms with Crippen molar-refractivity contribution in [2.45, 2.75) is 33.3 Å². The van der Waals surface area contributed by atoms with Crippen molar-refractivity contribution < 1.29 is 9.50 Å². The summed E-state index contributed by atoms with van der Waals surface area (Å²) in [6.45, 7) is 7.18. The average Bonchev–Trinajstić information content (AvgIpc) is 3.17. The standard InChI is InChI=1S/C22H23ClFN7O/c1-12-18(22(3,4)32)13(2)31(28-12)17-10-16(25-11-26-17)27-21-19(23)20(30(5)29-21)14-6-8-15(24)9-7-14/h6-11,32H,1-5H3,(H,25,26,27,29). The van der Waals surface area contributed by atoms with Crippen LogP contribution in [0.25, 0.3) is 17.1 Å². The fourth-order valence-electron chi connectivity index (χ4n) is 3.90. The Hall–Kier alpha value is -3.30. The smallest absolute Gasteiger partial charge is 0.173 e. The number of rotatable bonds is 5. The average molecular weight is 456 g/mol. The zero-order valence-electron chi connectivity index (χ0n) is 18.4. The third-order valence-electron chi connectivity index (χ3n) is 5.13. The number of nitrogens with zero attached hydrogens (tertiary/aromatic N) is 6. The quantitative estimate of drug-likeness (QED) is 0.462. The van der Waals surface area contributed by atoms with Crippen molar-refractivity contribution in [3.05, 3.63) is 64.5 Å². The molecule has 32 heavy (non-hydrogen) atoms. The minimum Gasteiger partial charge on any atom is -0.386 e. The fraction of sp³-hybridized carbons (Fsp3) is 0.273. The van der Waals surface area contributed by atoms with Crippen molar-refractivity contribution in [2.24, 2.45) is 7.05 Å². The molecule has 0 aliphatic rings. The van der Waals surface area contributed by atoms with Crippen molar-refractivity contribution >= 4 is 23.2 Å². The van der Waals surface area contributed by atoms with E-state index in [-0.39, 0.29) is 5.82 Å². The molecule has 0 amide bonds. The molecule has 166 valence electrons. The zero-order chi connectivity index (χ0) is 23.2. The topological polar surface area (TPSA) is 93.7 Å². The van der Waals surface area contributed by atoms with Gasteiger partial charge in [-0.15, -0.1) is 0 Å². The molecule has 0 fully saturated rings. The summed E-state index contributed by atoms with van der Waals surface area (Å²) in [5.41, 5.74) is 2.62. The van der Waals surface area contributed by atoms with Crippen LogP contribution in [0.15, 0.2) is 36.7 Å². The molecule has 0 saturated carbocycles. The first-order chi connectivity index (χ1) is 15.1. The van der Waals surface area contributed by atoms with Gasteiger partial charge in [0.05, 0.1) is 17.0 Å². The molecule has 0 bridgehead atoms. The van der Waals surface area contributed by atoms with E-state index in [0.29, 0.717) is 28.2 Å². The van der Waals surface area contributed by atoms with E-state index in [1.807, 2.05) is 13.8 Å². The molecule has 0 aliphatic carbocycles. The van der Waals surface area contributed by atoms with Crippen LogP contribution in [0, 0.1) is 19.7 Å². The number of aryl methyl sites for hydroxylation is 2. The lowest BCUT2D eigenvalue weighted by Gasteiger charge is -2.18. The molecule has 2 N–H and O–H groups in total. The Labute approximate surface area is 189 Å². The van der Waals surface area contributed by atoms with Gasteiger partial charge in [0.2, 0.25) is 0 Å². The molecule has 3 heterocycles. The molecule has 4 aromatic rings. The highest BCUT2D eigenvalue weighted by Gasteiger charge is 2.26. The molecule has 0 saturated heterocycles. The molecule has 4 rings (SSSR count). The molecule has 8 nitrogen and oxygen atoms in total. The van der Waals surface area contributed by atoms with E-state index in [1.54, 1.807) is 48.5 Å². The lowest BCUT2D eigenvalue weighted by Crippen LogP contribution is -2.18. The molecule has 0 aliphatic heterocycles. The van der Waals surface area contributed by atoms with Crippen LogP contribution in [-0.2, 0) is 12.6 Å². The van der Waals surface area contributed by atoms with Crippen LogP contribution in [0.3, 0.4) is 0 Å². The summed E-state index contributed by atoms with van der Waals surface area (Å²) < 4.78 is 16.6. The monoisotopic (exact) mass is 455 g/mol. The number of aromatic nitrogens is 6. The van der Waals surface area contributed by atoms with Gasteiger partial charge >= 0.3 is 0 Å². The Morgan fingerprint density at radius 1 is 1.09 bits per heavy atom. The molecular formula is C22H23ClFN7O. The molecule has 0 radical (unpaired) electrons. The number of anilines is 2. The molecular weight excluding hydrogens is 433 g/mol. The van der Waals surface area contributed by atoms with Gasteiger partial charge in [-0.25, -0.2) is 19.0 Å². The minimum atomic E-state index is -1.03. The molecule has 3 aromatic heterocycles. The Balaban J connectivity index is 1.68. The van der Waals surface area contributed by atoms with Gasteiger partial charge in [0.25, 0.3) is 0 Å². The van der Waals surface area contributed by atoms with Crippen molar-refractivity contribution in [3.63, 3.8) is 0 Å². The Morgan fingerprint density at radius 2 is 1.78 bits per heavy atom. The second kappa shape index (κ2) is 7.99. The highest BCUT2D eigenvalue weighted by molar-refractivity contribution is 6.35. The van der Waals surface area contributed by atoms with Crippen molar-refractivity contribution in [3.8, 4) is 17.1 Å². The first-order valence-electron chi connectivity index (χ1n) is 9.93. The first kappa shape index (κ1) is 21.9. The van der Waals surface area contributed by atoms with Gasteiger partial charge in [-0.1, -0.05) is 11.6 Å². The maximum atomic E-state index is 13.3. The van der Waals surface area contributed by atoms with Crippen molar-refractivity contribution in [1.29, 1.82) is 0 Å². The van der Waals surface area contributed by atoms with Crippen LogP contribution in [0.1, 0.15) is 30.8 Å². The van der Waals surface area contributed by atoms with Gasteiger partial charge in [0, 0.05) is 29.9 Å². The van der Waals surface area contributed by atoms with E-state index >= 15 is 0 Å². The van der Waals surface area contributed by atoms with E-state index in [1.165, 1.54) is 18.5 Å². The fourth-order valence-corrected chi connectivity index (χ4v) is 4.22. The van der Waals surface area contributed by atoms with Gasteiger partial charge in [-0.2, -0.15) is 10.2 Å². The number of aliphatic hydroxyl groups is 1. The van der Waals surface area contributed by atoms with Crippen LogP contribution >= 0.6 is 11.6 Å². The third kappa shape index (κ3) is 3.96. The predicted molar refractivity (Wildman–Crippen MR) is 121 cm³/mol. The predicted octanol–water partition coefficient (Wildman–Crippen LogP) is 4.44. The summed E-state index contributed by atoms with van der Waals surface area (Å²) in [4.78, 5) is 8.59. The summed E-state index contributed by atoms with van der Waals surface area (Å²) >= 11 is 6.58. The van der Waals surface area contributed by atoms with Gasteiger partial charge in [-0.3, -0.25) is 4.68 Å². The largest absolute Gasteiger partial charge is 0.386 e. The highest BCUT2D eigenvalue weighted by Crippen LogP contribution is 2.35. The molecule has 10 heteroatoms. The summed E-state index contributed by atoms with van der Waals surface area (Å²) in [6.07, 6.45) is 1.41. The van der Waals surface area contributed by atoms with Gasteiger partial charge in [0.15, 0.2) is 11.6 Å². The number of halogens is 2. The van der Waals surface area contributed by atoms with E-state index < -0.39 is 5.60 Å². The maximum Gasteiger partial charge on any atom is 0.173 e. The maximum absolute atomic E-state index is 13.3. The van der Waals surface area contributed by atoms with Gasteiger partial charge in [0.1, 0.15) is 23.0 Å².